The Labute approximate surface area is 331 Å². The molecule has 18 nitrogen and oxygen atoms in total. The van der Waals surface area contributed by atoms with Crippen LogP contribution in [-0.4, -0.2) is 89.7 Å². The van der Waals surface area contributed by atoms with Crippen molar-refractivity contribution in [3.8, 4) is 68.3 Å². The van der Waals surface area contributed by atoms with Crippen LogP contribution in [0.5, 0.6) is 0 Å². The van der Waals surface area contributed by atoms with E-state index >= 15 is 0 Å². The van der Waals surface area contributed by atoms with Crippen molar-refractivity contribution >= 4 is 0 Å². The van der Waals surface area contributed by atoms with Gasteiger partial charge in [-0.1, -0.05) is 19.3 Å². The molecular weight excluding hydrogens is 733 g/mol. The Hall–Kier alpha value is -7.50. The van der Waals surface area contributed by atoms with Gasteiger partial charge in [-0.3, -0.25) is 0 Å². The molecule has 0 atom stereocenters. The van der Waals surface area contributed by atoms with Gasteiger partial charge in [0, 0.05) is 38.8 Å². The molecule has 0 saturated heterocycles. The lowest BCUT2D eigenvalue weighted by atomic mass is 9.59. The zero-order valence-electron chi connectivity index (χ0n) is 32.0. The summed E-state index contributed by atoms with van der Waals surface area (Å²) in [6.45, 7) is 8.46. The topological polar surface area (TPSA) is 232 Å². The molecule has 9 rings (SSSR count). The van der Waals surface area contributed by atoms with Crippen LogP contribution in [0.25, 0.3) is 68.3 Å². The molecule has 8 aromatic rings. The number of benzene rings is 2. The van der Waals surface area contributed by atoms with Gasteiger partial charge in [-0.15, -0.1) is 0 Å². The summed E-state index contributed by atoms with van der Waals surface area (Å²) in [5, 5.41) is 0. The second-order valence-corrected chi connectivity index (χ2v) is 13.9. The quantitative estimate of drug-likeness (QED) is 0.191. The zero-order chi connectivity index (χ0) is 39.6. The first-order valence-corrected chi connectivity index (χ1v) is 18.6. The predicted octanol–water partition coefficient (Wildman–Crippen LogP) is 5.28. The van der Waals surface area contributed by atoms with Gasteiger partial charge < -0.3 is 0 Å². The molecule has 0 spiro atoms. The molecule has 18 heteroatoms. The van der Waals surface area contributed by atoms with E-state index < -0.39 is 5.41 Å². The van der Waals surface area contributed by atoms with Crippen LogP contribution in [0.1, 0.15) is 65.5 Å². The smallest absolute Gasteiger partial charge is 0.164 e. The van der Waals surface area contributed by atoms with Crippen LogP contribution in [-0.2, 0) is 5.41 Å². The van der Waals surface area contributed by atoms with Crippen molar-refractivity contribution in [2.24, 2.45) is 0 Å². The SMILES string of the molecule is Cc1c(C)c(C2(c3c(C)c(C)c(-c4ncncn4)c(-c4ncncn4)c3-c3ncncn3)CCCCC2)c(-c2ncncn2)c(-c2ncncn2)c1-c1ncncn1. The van der Waals surface area contributed by atoms with E-state index in [4.69, 9.17) is 39.9 Å². The van der Waals surface area contributed by atoms with Gasteiger partial charge in [-0.2, -0.15) is 0 Å². The fourth-order valence-electron chi connectivity index (χ4n) is 8.64. The van der Waals surface area contributed by atoms with Crippen LogP contribution in [0.15, 0.2) is 75.9 Å². The van der Waals surface area contributed by atoms with E-state index in [1.165, 1.54) is 75.9 Å². The lowest BCUT2D eigenvalue weighted by molar-refractivity contribution is 0.344. The number of aromatic nitrogens is 18. The first-order valence-electron chi connectivity index (χ1n) is 18.6. The van der Waals surface area contributed by atoms with Crippen molar-refractivity contribution in [3.63, 3.8) is 0 Å². The van der Waals surface area contributed by atoms with Crippen molar-refractivity contribution in [2.45, 2.75) is 65.2 Å². The summed E-state index contributed by atoms with van der Waals surface area (Å²) >= 11 is 0. The molecule has 1 saturated carbocycles. The van der Waals surface area contributed by atoms with Gasteiger partial charge in [-0.05, 0) is 73.9 Å². The van der Waals surface area contributed by atoms with E-state index in [0.717, 1.165) is 87.7 Å². The van der Waals surface area contributed by atoms with Gasteiger partial charge >= 0.3 is 0 Å². The minimum absolute atomic E-state index is 0.415. The molecule has 0 aliphatic heterocycles. The molecule has 0 radical (unpaired) electrons. The van der Waals surface area contributed by atoms with Crippen LogP contribution < -0.4 is 0 Å². The van der Waals surface area contributed by atoms with Crippen LogP contribution >= 0.6 is 0 Å². The minimum Gasteiger partial charge on any atom is -0.225 e. The Morgan fingerprint density at radius 1 is 0.293 bits per heavy atom. The van der Waals surface area contributed by atoms with Crippen molar-refractivity contribution in [1.82, 2.24) is 89.7 Å². The molecule has 1 aliphatic rings. The molecule has 1 aliphatic carbocycles. The molecular formula is C40H34N18. The molecule has 1 fully saturated rings. The Morgan fingerprint density at radius 3 is 0.810 bits per heavy atom. The second kappa shape index (κ2) is 15.2. The molecule has 58 heavy (non-hydrogen) atoms. The third kappa shape index (κ3) is 6.05. The number of rotatable bonds is 8. The van der Waals surface area contributed by atoms with Gasteiger partial charge in [0.2, 0.25) is 0 Å². The summed E-state index contributed by atoms with van der Waals surface area (Å²) in [6, 6.07) is 0. The van der Waals surface area contributed by atoms with Gasteiger partial charge in [0.15, 0.2) is 34.9 Å². The van der Waals surface area contributed by atoms with E-state index in [-0.39, 0.29) is 0 Å². The van der Waals surface area contributed by atoms with Gasteiger partial charge in [-0.25, -0.2) is 89.7 Å². The van der Waals surface area contributed by atoms with Crippen molar-refractivity contribution < 1.29 is 0 Å². The highest BCUT2D eigenvalue weighted by molar-refractivity contribution is 5.97. The third-order valence-corrected chi connectivity index (χ3v) is 11.1. The Kier molecular flexibility index (Phi) is 9.48. The molecule has 0 N–H and O–H groups in total. The highest BCUT2D eigenvalue weighted by atomic mass is 15.0. The van der Waals surface area contributed by atoms with Gasteiger partial charge in [0.1, 0.15) is 75.9 Å². The van der Waals surface area contributed by atoms with Crippen LogP contribution in [0.2, 0.25) is 0 Å². The normalized spacial score (nSPS) is 13.7. The Bertz CT molecular complexity index is 2540. The first-order chi connectivity index (χ1) is 28.5. The standard InChI is InChI=1S/C40H34N18/c1-22-24(3)32(30(38-55-18-45-19-56-38)28(36-51-14-43-15-52-36)26(22)34-47-10-41-11-48-34)40(8-6-5-7-9-40)33-25(4)23(2)27(35-49-12-42-13-50-35)29(37-53-16-44-17-54-37)31(33)39-57-20-46-21-58-39/h10-21H,5-9H2,1-4H3. The average molecular weight is 767 g/mol. The maximum absolute atomic E-state index is 4.83. The summed E-state index contributed by atoms with van der Waals surface area (Å²) in [7, 11) is 0. The number of nitrogens with zero attached hydrogens (tertiary/aromatic N) is 18. The summed E-state index contributed by atoms with van der Waals surface area (Å²) < 4.78 is 0. The fourth-order valence-corrected chi connectivity index (χ4v) is 8.64. The average Bonchev–Trinajstić information content (AvgIpc) is 3.29. The van der Waals surface area contributed by atoms with E-state index in [1.807, 2.05) is 0 Å². The van der Waals surface area contributed by atoms with Gasteiger partial charge in [0.05, 0.1) is 0 Å². The molecule has 0 unspecified atom stereocenters. The second-order valence-electron chi connectivity index (χ2n) is 13.9. The molecule has 6 aromatic heterocycles. The van der Waals surface area contributed by atoms with E-state index in [2.05, 4.69) is 77.5 Å². The molecule has 6 heterocycles. The number of hydrogen-bond acceptors (Lipinski definition) is 18. The Balaban J connectivity index is 1.52. The highest BCUT2D eigenvalue weighted by Gasteiger charge is 2.46. The maximum atomic E-state index is 4.83. The van der Waals surface area contributed by atoms with E-state index in [1.54, 1.807) is 0 Å². The largest absolute Gasteiger partial charge is 0.225 e. The highest BCUT2D eigenvalue weighted by Crippen LogP contribution is 2.58. The summed E-state index contributed by atoms with van der Waals surface area (Å²) in [5.74, 6) is 2.64. The zero-order valence-corrected chi connectivity index (χ0v) is 32.0. The summed E-state index contributed by atoms with van der Waals surface area (Å²) in [5.41, 5.74) is 9.46. The van der Waals surface area contributed by atoms with Crippen molar-refractivity contribution in [3.05, 3.63) is 109 Å². The molecule has 0 bridgehead atoms. The van der Waals surface area contributed by atoms with Crippen molar-refractivity contribution in [1.29, 1.82) is 0 Å². The van der Waals surface area contributed by atoms with Crippen LogP contribution in [0.4, 0.5) is 0 Å². The third-order valence-electron chi connectivity index (χ3n) is 11.1. The summed E-state index contributed by atoms with van der Waals surface area (Å²) in [6.07, 6.45) is 22.3. The molecule has 0 amide bonds. The van der Waals surface area contributed by atoms with Crippen LogP contribution in [0, 0.1) is 27.7 Å². The predicted molar refractivity (Wildman–Crippen MR) is 209 cm³/mol. The first kappa shape index (κ1) is 36.2. The van der Waals surface area contributed by atoms with Crippen molar-refractivity contribution in [2.75, 3.05) is 0 Å². The maximum Gasteiger partial charge on any atom is 0.164 e. The fraction of sp³-hybridized carbons (Fsp3) is 0.250. The number of hydrogen-bond donors (Lipinski definition) is 0. The molecule has 284 valence electrons. The van der Waals surface area contributed by atoms with E-state index in [9.17, 15) is 0 Å². The lowest BCUT2D eigenvalue weighted by Gasteiger charge is -2.44. The lowest BCUT2D eigenvalue weighted by Crippen LogP contribution is -2.35. The monoisotopic (exact) mass is 766 g/mol. The minimum atomic E-state index is -0.718. The van der Waals surface area contributed by atoms with E-state index in [0.29, 0.717) is 46.1 Å². The van der Waals surface area contributed by atoms with Crippen LogP contribution in [0.3, 0.4) is 0 Å². The van der Waals surface area contributed by atoms with Gasteiger partial charge in [0.25, 0.3) is 0 Å². The Morgan fingerprint density at radius 2 is 0.534 bits per heavy atom. The summed E-state index contributed by atoms with van der Waals surface area (Å²) in [4.78, 5) is 81.9. The molecule has 2 aromatic carbocycles.